The zero-order chi connectivity index (χ0) is 28.7. The second-order valence-corrected chi connectivity index (χ2v) is 10.7. The lowest BCUT2D eigenvalue weighted by Crippen LogP contribution is -2.53. The van der Waals surface area contributed by atoms with Crippen LogP contribution in [0.1, 0.15) is 63.2 Å². The first-order valence-electron chi connectivity index (χ1n) is 13.5. The summed E-state index contributed by atoms with van der Waals surface area (Å²) in [6.07, 6.45) is -1.16. The van der Waals surface area contributed by atoms with E-state index in [9.17, 15) is 19.5 Å². The molecule has 9 nitrogen and oxygen atoms in total. The standard InChI is InChI=1S/C31H28FN5O4/c32-24-12-19(15-36-16-22(17-36)20-7-4-18(13-33)5-8-20)6-9-21(24)14-34-25-3-1-2-23-28(25)31(41)37(30(23)40)26-10-11-27(38)35-29(26)39/h1-9,12,22,26,31,34,41H,10-11,14-17H2,(H,35,38,39). The van der Waals surface area contributed by atoms with Crippen molar-refractivity contribution in [3.8, 4) is 6.07 Å². The third-order valence-corrected chi connectivity index (χ3v) is 8.10. The number of nitriles is 1. The molecule has 2 unspecified atom stereocenters. The van der Waals surface area contributed by atoms with Gasteiger partial charge in [-0.05, 0) is 47.9 Å². The van der Waals surface area contributed by atoms with Gasteiger partial charge in [-0.25, -0.2) is 4.39 Å². The smallest absolute Gasteiger partial charge is 0.257 e. The lowest BCUT2D eigenvalue weighted by Gasteiger charge is -2.39. The molecule has 10 heteroatoms. The largest absolute Gasteiger partial charge is 0.380 e. The fourth-order valence-electron chi connectivity index (χ4n) is 5.85. The van der Waals surface area contributed by atoms with E-state index < -0.39 is 30.0 Å². The molecule has 3 aromatic carbocycles. The van der Waals surface area contributed by atoms with E-state index >= 15 is 4.39 Å². The molecule has 0 saturated carbocycles. The van der Waals surface area contributed by atoms with E-state index in [1.165, 1.54) is 11.6 Å². The number of imide groups is 1. The van der Waals surface area contributed by atoms with Gasteiger partial charge in [-0.15, -0.1) is 0 Å². The Hall–Kier alpha value is -4.59. The van der Waals surface area contributed by atoms with Gasteiger partial charge in [0.1, 0.15) is 11.9 Å². The summed E-state index contributed by atoms with van der Waals surface area (Å²) in [7, 11) is 0. The van der Waals surface area contributed by atoms with Gasteiger partial charge in [-0.2, -0.15) is 5.26 Å². The third kappa shape index (κ3) is 5.06. The minimum atomic E-state index is -1.37. The highest BCUT2D eigenvalue weighted by atomic mass is 19.1. The zero-order valence-electron chi connectivity index (χ0n) is 22.1. The van der Waals surface area contributed by atoms with Gasteiger partial charge in [0.15, 0.2) is 6.23 Å². The van der Waals surface area contributed by atoms with E-state index in [-0.39, 0.29) is 30.8 Å². The van der Waals surface area contributed by atoms with E-state index in [1.54, 1.807) is 24.3 Å². The molecule has 0 aromatic heterocycles. The number of fused-ring (bicyclic) bond motifs is 1. The molecular formula is C31H28FN5O4. The van der Waals surface area contributed by atoms with Crippen LogP contribution in [-0.2, 0) is 22.7 Å². The zero-order valence-corrected chi connectivity index (χ0v) is 22.1. The molecule has 2 atom stereocenters. The molecule has 2 fully saturated rings. The van der Waals surface area contributed by atoms with Crippen molar-refractivity contribution >= 4 is 23.4 Å². The van der Waals surface area contributed by atoms with Crippen LogP contribution in [0.25, 0.3) is 0 Å². The van der Waals surface area contributed by atoms with Crippen molar-refractivity contribution in [2.24, 2.45) is 0 Å². The highest BCUT2D eigenvalue weighted by molar-refractivity contribution is 6.06. The van der Waals surface area contributed by atoms with Gasteiger partial charge in [0.05, 0.1) is 11.6 Å². The van der Waals surface area contributed by atoms with Gasteiger partial charge in [-0.1, -0.05) is 30.3 Å². The van der Waals surface area contributed by atoms with E-state index in [1.807, 2.05) is 30.3 Å². The summed E-state index contributed by atoms with van der Waals surface area (Å²) in [5, 5.41) is 25.4. The van der Waals surface area contributed by atoms with Crippen molar-refractivity contribution in [3.05, 3.63) is 99.9 Å². The molecule has 0 spiro atoms. The minimum Gasteiger partial charge on any atom is -0.380 e. The van der Waals surface area contributed by atoms with E-state index in [0.717, 1.165) is 23.6 Å². The normalized spacial score (nSPS) is 20.8. The fraction of sp³-hybridized carbons (Fsp3) is 0.290. The molecule has 0 radical (unpaired) electrons. The summed E-state index contributed by atoms with van der Waals surface area (Å²) >= 11 is 0. The quantitative estimate of drug-likeness (QED) is 0.384. The summed E-state index contributed by atoms with van der Waals surface area (Å²) in [5.41, 5.74) is 4.21. The number of anilines is 1. The molecule has 3 aromatic rings. The molecule has 3 aliphatic rings. The number of likely N-dealkylation sites (tertiary alicyclic amines) is 1. The van der Waals surface area contributed by atoms with Crippen LogP contribution in [0.3, 0.4) is 0 Å². The van der Waals surface area contributed by atoms with Gasteiger partial charge in [0.25, 0.3) is 5.91 Å². The number of aliphatic hydroxyl groups is 1. The summed E-state index contributed by atoms with van der Waals surface area (Å²) in [6, 6.07) is 18.9. The van der Waals surface area contributed by atoms with Crippen molar-refractivity contribution in [3.63, 3.8) is 0 Å². The number of halogens is 1. The molecule has 41 heavy (non-hydrogen) atoms. The SMILES string of the molecule is N#Cc1ccc(C2CN(Cc3ccc(CNc4cccc5c4C(O)N(C4CCC(=O)NC4=O)C5=O)c(F)c3)C2)cc1. The molecule has 208 valence electrons. The number of amides is 3. The molecule has 6 rings (SSSR count). The van der Waals surface area contributed by atoms with Crippen LogP contribution in [-0.4, -0.2) is 51.8 Å². The Morgan fingerprint density at radius 2 is 1.85 bits per heavy atom. The second-order valence-electron chi connectivity index (χ2n) is 10.7. The van der Waals surface area contributed by atoms with Gasteiger partial charge < -0.3 is 10.4 Å². The van der Waals surface area contributed by atoms with Crippen molar-refractivity contribution in [2.75, 3.05) is 18.4 Å². The first-order chi connectivity index (χ1) is 19.8. The highest BCUT2D eigenvalue weighted by Gasteiger charge is 2.45. The Balaban J connectivity index is 1.08. The van der Waals surface area contributed by atoms with Gasteiger partial charge in [0, 0.05) is 60.9 Å². The average molecular weight is 554 g/mol. The Kier molecular flexibility index (Phi) is 6.99. The first kappa shape index (κ1) is 26.6. The van der Waals surface area contributed by atoms with Crippen LogP contribution in [0.2, 0.25) is 0 Å². The molecule has 3 heterocycles. The summed E-state index contributed by atoms with van der Waals surface area (Å²) in [5.74, 6) is -1.46. The van der Waals surface area contributed by atoms with Crippen LogP contribution in [0.15, 0.2) is 60.7 Å². The molecule has 0 aliphatic carbocycles. The van der Waals surface area contributed by atoms with Gasteiger partial charge >= 0.3 is 0 Å². The van der Waals surface area contributed by atoms with Crippen LogP contribution < -0.4 is 10.6 Å². The molecule has 2 saturated heterocycles. The number of hydrogen-bond donors (Lipinski definition) is 3. The highest BCUT2D eigenvalue weighted by Crippen LogP contribution is 2.39. The number of aliphatic hydroxyl groups excluding tert-OH is 1. The number of benzene rings is 3. The predicted octanol–water partition coefficient (Wildman–Crippen LogP) is 3.16. The molecular weight excluding hydrogens is 525 g/mol. The fourth-order valence-corrected chi connectivity index (χ4v) is 5.85. The number of carbonyl (C=O) groups excluding carboxylic acids is 3. The maximum atomic E-state index is 15.1. The Bertz CT molecular complexity index is 1580. The molecule has 3 amide bonds. The maximum Gasteiger partial charge on any atom is 0.257 e. The van der Waals surface area contributed by atoms with Crippen LogP contribution in [0, 0.1) is 17.1 Å². The Morgan fingerprint density at radius 3 is 2.56 bits per heavy atom. The van der Waals surface area contributed by atoms with Crippen LogP contribution in [0.5, 0.6) is 0 Å². The second kappa shape index (κ2) is 10.8. The lowest BCUT2D eigenvalue weighted by atomic mass is 9.90. The third-order valence-electron chi connectivity index (χ3n) is 8.10. The Labute approximate surface area is 236 Å². The van der Waals surface area contributed by atoms with E-state index in [0.29, 0.717) is 34.8 Å². The number of piperidine rings is 1. The van der Waals surface area contributed by atoms with Gasteiger partial charge in [0.2, 0.25) is 11.8 Å². The monoisotopic (exact) mass is 553 g/mol. The topological polar surface area (TPSA) is 126 Å². The van der Waals surface area contributed by atoms with Crippen LogP contribution in [0.4, 0.5) is 10.1 Å². The Morgan fingerprint density at radius 1 is 1.07 bits per heavy atom. The number of hydrogen-bond acceptors (Lipinski definition) is 7. The summed E-state index contributed by atoms with van der Waals surface area (Å²) < 4.78 is 15.1. The maximum absolute atomic E-state index is 15.1. The van der Waals surface area contributed by atoms with Crippen molar-refractivity contribution in [2.45, 2.75) is 44.1 Å². The van der Waals surface area contributed by atoms with Gasteiger partial charge in [-0.3, -0.25) is 29.5 Å². The van der Waals surface area contributed by atoms with Crippen LogP contribution >= 0.6 is 0 Å². The number of rotatable bonds is 7. The van der Waals surface area contributed by atoms with Crippen molar-refractivity contribution in [1.29, 1.82) is 5.26 Å². The summed E-state index contributed by atoms with van der Waals surface area (Å²) in [6.45, 7) is 2.50. The predicted molar refractivity (Wildman–Crippen MR) is 147 cm³/mol. The lowest BCUT2D eigenvalue weighted by molar-refractivity contribution is -0.139. The molecule has 0 bridgehead atoms. The average Bonchev–Trinajstić information content (AvgIpc) is 3.20. The minimum absolute atomic E-state index is 0.0824. The molecule has 3 N–H and O–H groups in total. The number of nitrogens with zero attached hydrogens (tertiary/aromatic N) is 3. The number of nitrogens with one attached hydrogen (secondary N) is 2. The van der Waals surface area contributed by atoms with E-state index in [4.69, 9.17) is 5.26 Å². The molecule has 3 aliphatic heterocycles. The first-order valence-corrected chi connectivity index (χ1v) is 13.5. The summed E-state index contributed by atoms with van der Waals surface area (Å²) in [4.78, 5) is 40.4. The van der Waals surface area contributed by atoms with Crippen molar-refractivity contribution in [1.82, 2.24) is 15.1 Å². The van der Waals surface area contributed by atoms with Crippen molar-refractivity contribution < 1.29 is 23.9 Å². The number of carbonyl (C=O) groups is 3. The van der Waals surface area contributed by atoms with E-state index in [2.05, 4.69) is 21.6 Å².